The first-order chi connectivity index (χ1) is 6.33. The van der Waals surface area contributed by atoms with Gasteiger partial charge in [0.15, 0.2) is 0 Å². The van der Waals surface area contributed by atoms with E-state index in [-0.39, 0.29) is 12.5 Å². The third-order valence-electron chi connectivity index (χ3n) is 1.35. The Hall–Kier alpha value is -1.62. The van der Waals surface area contributed by atoms with Crippen molar-refractivity contribution in [3.8, 4) is 0 Å². The highest BCUT2D eigenvalue weighted by Crippen LogP contribution is 1.96. The van der Waals surface area contributed by atoms with Gasteiger partial charge in [0.1, 0.15) is 5.82 Å². The fraction of sp³-hybridized carbons (Fsp3) is 0.250. The molecule has 0 aliphatic heterocycles. The number of anilines is 1. The zero-order valence-corrected chi connectivity index (χ0v) is 7.21. The van der Waals surface area contributed by atoms with Gasteiger partial charge in [-0.1, -0.05) is 6.08 Å². The summed E-state index contributed by atoms with van der Waals surface area (Å²) in [6.07, 6.45) is 3.27. The number of aromatic amines is 1. The van der Waals surface area contributed by atoms with E-state index in [9.17, 15) is 4.79 Å². The molecule has 0 aromatic carbocycles. The topological polar surface area (TPSA) is 69.8 Å². The van der Waals surface area contributed by atoms with E-state index < -0.39 is 0 Å². The monoisotopic (exact) mass is 180 g/mol. The Labute approximate surface area is 76.2 Å². The number of amides is 1. The molecular formula is C8H12N4O. The first-order valence-electron chi connectivity index (χ1n) is 3.94. The molecule has 1 heterocycles. The molecule has 0 bridgehead atoms. The molecule has 0 spiro atoms. The highest BCUT2D eigenvalue weighted by atomic mass is 16.2. The van der Waals surface area contributed by atoms with Gasteiger partial charge in [-0.25, -0.2) is 0 Å². The zero-order chi connectivity index (χ0) is 9.52. The van der Waals surface area contributed by atoms with Crippen molar-refractivity contribution in [3.63, 3.8) is 0 Å². The molecule has 13 heavy (non-hydrogen) atoms. The average molecular weight is 180 g/mol. The fourth-order valence-corrected chi connectivity index (χ4v) is 0.808. The molecule has 3 N–H and O–H groups in total. The second-order valence-electron chi connectivity index (χ2n) is 2.44. The Morgan fingerprint density at radius 3 is 3.23 bits per heavy atom. The normalized spacial score (nSPS) is 9.54. The highest BCUT2D eigenvalue weighted by Gasteiger charge is 2.00. The molecule has 5 heteroatoms. The molecule has 1 aromatic rings. The van der Waals surface area contributed by atoms with Gasteiger partial charge in [0, 0.05) is 12.6 Å². The van der Waals surface area contributed by atoms with Gasteiger partial charge in [0.05, 0.1) is 12.7 Å². The maximum atomic E-state index is 11.1. The molecule has 0 atom stereocenters. The second kappa shape index (κ2) is 5.10. The summed E-state index contributed by atoms with van der Waals surface area (Å²) in [6, 6.07) is 1.69. The van der Waals surface area contributed by atoms with Crippen LogP contribution in [0.3, 0.4) is 0 Å². The largest absolute Gasteiger partial charge is 0.310 e. The number of aromatic nitrogens is 2. The van der Waals surface area contributed by atoms with Crippen molar-refractivity contribution in [1.29, 1.82) is 0 Å². The van der Waals surface area contributed by atoms with E-state index in [1.54, 1.807) is 18.3 Å². The number of nitrogens with zero attached hydrogens (tertiary/aromatic N) is 1. The van der Waals surface area contributed by atoms with Gasteiger partial charge in [-0.3, -0.25) is 9.89 Å². The van der Waals surface area contributed by atoms with Gasteiger partial charge >= 0.3 is 0 Å². The lowest BCUT2D eigenvalue weighted by molar-refractivity contribution is -0.115. The summed E-state index contributed by atoms with van der Waals surface area (Å²) in [6.45, 7) is 4.41. The van der Waals surface area contributed by atoms with Crippen molar-refractivity contribution in [2.24, 2.45) is 0 Å². The Balaban J connectivity index is 2.22. The van der Waals surface area contributed by atoms with Crippen molar-refractivity contribution in [2.75, 3.05) is 18.4 Å². The number of hydrogen-bond donors (Lipinski definition) is 3. The van der Waals surface area contributed by atoms with Crippen LogP contribution in [-0.2, 0) is 4.79 Å². The molecule has 0 aliphatic carbocycles. The predicted octanol–water partition coefficient (Wildman–Crippen LogP) is 0.124. The average Bonchev–Trinajstić information content (AvgIpc) is 2.57. The third-order valence-corrected chi connectivity index (χ3v) is 1.35. The standard InChI is InChI=1S/C8H12N4O/c1-2-4-9-6-8(13)11-7-3-5-10-12-7/h2-3,5,9H,1,4,6H2,(H2,10,11,12,13). The molecule has 0 radical (unpaired) electrons. The third kappa shape index (κ3) is 3.53. The van der Waals surface area contributed by atoms with Crippen molar-refractivity contribution in [3.05, 3.63) is 24.9 Å². The molecule has 1 amide bonds. The van der Waals surface area contributed by atoms with Crippen LogP contribution in [0, 0.1) is 0 Å². The predicted molar refractivity (Wildman–Crippen MR) is 50.3 cm³/mol. The number of carbonyl (C=O) groups excluding carboxylic acids is 1. The van der Waals surface area contributed by atoms with Crippen molar-refractivity contribution in [2.45, 2.75) is 0 Å². The molecular weight excluding hydrogens is 168 g/mol. The number of carbonyl (C=O) groups is 1. The Kier molecular flexibility index (Phi) is 3.72. The van der Waals surface area contributed by atoms with Gasteiger partial charge in [-0.2, -0.15) is 5.10 Å². The summed E-state index contributed by atoms with van der Waals surface area (Å²) in [5.41, 5.74) is 0. The molecule has 0 unspecified atom stereocenters. The summed E-state index contributed by atoms with van der Waals surface area (Å²) in [5, 5.41) is 11.8. The lowest BCUT2D eigenvalue weighted by atomic mass is 10.5. The summed E-state index contributed by atoms with van der Waals surface area (Å²) in [7, 11) is 0. The van der Waals surface area contributed by atoms with Gasteiger partial charge in [0.25, 0.3) is 0 Å². The number of nitrogens with one attached hydrogen (secondary N) is 3. The molecule has 5 nitrogen and oxygen atoms in total. The fourth-order valence-electron chi connectivity index (χ4n) is 0.808. The van der Waals surface area contributed by atoms with Crippen LogP contribution in [0.15, 0.2) is 24.9 Å². The van der Waals surface area contributed by atoms with Crippen LogP contribution in [0.25, 0.3) is 0 Å². The molecule has 0 aliphatic rings. The molecule has 0 saturated heterocycles. The van der Waals surface area contributed by atoms with E-state index in [2.05, 4.69) is 27.4 Å². The SMILES string of the molecule is C=CCNCC(=O)Nc1ccn[nH]1. The van der Waals surface area contributed by atoms with Gasteiger partial charge < -0.3 is 10.6 Å². The summed E-state index contributed by atoms with van der Waals surface area (Å²) in [4.78, 5) is 11.1. The van der Waals surface area contributed by atoms with Crippen molar-refractivity contribution >= 4 is 11.7 Å². The minimum absolute atomic E-state index is 0.105. The smallest absolute Gasteiger partial charge is 0.239 e. The molecule has 70 valence electrons. The number of hydrogen-bond acceptors (Lipinski definition) is 3. The molecule has 0 fully saturated rings. The van der Waals surface area contributed by atoms with Crippen LogP contribution < -0.4 is 10.6 Å². The summed E-state index contributed by atoms with van der Waals surface area (Å²) in [5.74, 6) is 0.497. The van der Waals surface area contributed by atoms with E-state index in [0.29, 0.717) is 12.4 Å². The minimum atomic E-state index is -0.105. The lowest BCUT2D eigenvalue weighted by Gasteiger charge is -2.01. The molecule has 1 aromatic heterocycles. The van der Waals surface area contributed by atoms with Gasteiger partial charge in [-0.05, 0) is 0 Å². The van der Waals surface area contributed by atoms with Crippen LogP contribution in [0.2, 0.25) is 0 Å². The van der Waals surface area contributed by atoms with Gasteiger partial charge in [-0.15, -0.1) is 6.58 Å². The van der Waals surface area contributed by atoms with Gasteiger partial charge in [0.2, 0.25) is 5.91 Å². The Morgan fingerprint density at radius 1 is 1.77 bits per heavy atom. The van der Waals surface area contributed by atoms with E-state index in [4.69, 9.17) is 0 Å². The van der Waals surface area contributed by atoms with Crippen LogP contribution in [0.1, 0.15) is 0 Å². The van der Waals surface area contributed by atoms with E-state index in [0.717, 1.165) is 0 Å². The van der Waals surface area contributed by atoms with Crippen LogP contribution in [0.5, 0.6) is 0 Å². The second-order valence-corrected chi connectivity index (χ2v) is 2.44. The molecule has 1 rings (SSSR count). The maximum Gasteiger partial charge on any atom is 0.239 e. The number of H-pyrrole nitrogens is 1. The Bertz CT molecular complexity index is 268. The van der Waals surface area contributed by atoms with Crippen LogP contribution >= 0.6 is 0 Å². The minimum Gasteiger partial charge on any atom is -0.310 e. The van der Waals surface area contributed by atoms with Crippen LogP contribution in [0.4, 0.5) is 5.82 Å². The van der Waals surface area contributed by atoms with Crippen LogP contribution in [-0.4, -0.2) is 29.2 Å². The first kappa shape index (κ1) is 9.47. The summed E-state index contributed by atoms with van der Waals surface area (Å²) < 4.78 is 0. The van der Waals surface area contributed by atoms with E-state index in [1.165, 1.54) is 0 Å². The highest BCUT2D eigenvalue weighted by molar-refractivity contribution is 5.91. The zero-order valence-electron chi connectivity index (χ0n) is 7.21. The Morgan fingerprint density at radius 2 is 2.62 bits per heavy atom. The summed E-state index contributed by atoms with van der Waals surface area (Å²) >= 11 is 0. The maximum absolute atomic E-state index is 11.1. The van der Waals surface area contributed by atoms with E-state index >= 15 is 0 Å². The van der Waals surface area contributed by atoms with Crippen molar-refractivity contribution in [1.82, 2.24) is 15.5 Å². The molecule has 0 saturated carbocycles. The van der Waals surface area contributed by atoms with Crippen molar-refractivity contribution < 1.29 is 4.79 Å². The quantitative estimate of drug-likeness (QED) is 0.445. The lowest BCUT2D eigenvalue weighted by Crippen LogP contribution is -2.28. The van der Waals surface area contributed by atoms with E-state index in [1.807, 2.05) is 0 Å². The number of rotatable bonds is 5. The first-order valence-corrected chi connectivity index (χ1v) is 3.94.